The minimum atomic E-state index is -1.62. The number of esters is 3. The Morgan fingerprint density at radius 1 is 0.976 bits per heavy atom. The molecule has 0 radical (unpaired) electrons. The second kappa shape index (κ2) is 10.3. The van der Waals surface area contributed by atoms with E-state index >= 15 is 0 Å². The van der Waals surface area contributed by atoms with Crippen LogP contribution in [0.3, 0.4) is 0 Å². The van der Waals surface area contributed by atoms with Crippen LogP contribution in [0, 0.1) is 29.1 Å². The standard InChI is InChI=1S/C32H40O9/c1-17-14-25-24(30(25,6)7)12-13-31(16-37-31)29(39-20(4)34)26-27(18(2)15-32(26,28(17)36)41-21(5)35)40-23-10-8-22(9-11-23)38-19(3)33/h8-11,14,18,24-27,29H,12-13,15-16H2,1-7H3. The van der Waals surface area contributed by atoms with Gasteiger partial charge in [0.05, 0.1) is 12.5 Å². The highest BCUT2D eigenvalue weighted by atomic mass is 16.6. The Hall–Kier alpha value is -3.20. The quantitative estimate of drug-likeness (QED) is 0.285. The highest BCUT2D eigenvalue weighted by Crippen LogP contribution is 2.64. The molecule has 1 spiro atoms. The van der Waals surface area contributed by atoms with Crippen LogP contribution in [0.25, 0.3) is 0 Å². The first-order chi connectivity index (χ1) is 19.2. The van der Waals surface area contributed by atoms with Crippen LogP contribution in [-0.2, 0) is 33.4 Å². The molecule has 1 aromatic carbocycles. The lowest BCUT2D eigenvalue weighted by Crippen LogP contribution is -2.58. The van der Waals surface area contributed by atoms with Gasteiger partial charge in [-0.15, -0.1) is 0 Å². The maximum absolute atomic E-state index is 14.5. The van der Waals surface area contributed by atoms with Crippen LogP contribution in [0.15, 0.2) is 35.9 Å². The zero-order valence-corrected chi connectivity index (χ0v) is 24.9. The third-order valence-corrected chi connectivity index (χ3v) is 9.60. The van der Waals surface area contributed by atoms with Gasteiger partial charge in [0.2, 0.25) is 5.78 Å². The second-order valence-corrected chi connectivity index (χ2v) is 12.9. The molecule has 1 saturated heterocycles. The molecule has 41 heavy (non-hydrogen) atoms. The fourth-order valence-electron chi connectivity index (χ4n) is 7.50. The van der Waals surface area contributed by atoms with Crippen molar-refractivity contribution in [2.75, 3.05) is 6.61 Å². The second-order valence-electron chi connectivity index (χ2n) is 12.9. The van der Waals surface area contributed by atoms with E-state index in [1.54, 1.807) is 31.2 Å². The zero-order valence-electron chi connectivity index (χ0n) is 24.9. The Labute approximate surface area is 240 Å². The van der Waals surface area contributed by atoms with Gasteiger partial charge in [0, 0.05) is 27.2 Å². The normalized spacial score (nSPS) is 37.0. The number of epoxide rings is 1. The molecule has 8 unspecified atom stereocenters. The number of carbonyl (C=O) groups excluding carboxylic acids is 4. The van der Waals surface area contributed by atoms with E-state index < -0.39 is 47.2 Å². The molecule has 0 N–H and O–H groups in total. The number of benzene rings is 1. The average molecular weight is 569 g/mol. The lowest BCUT2D eigenvalue weighted by atomic mass is 9.74. The molecule has 2 saturated carbocycles. The molecule has 1 heterocycles. The molecule has 222 valence electrons. The SMILES string of the molecule is CC(=O)Oc1ccc(OC2C(C)CC3(OC(C)=O)C(=O)C(C)=CC4C(CCC5(CO5)C(OC(C)=O)C23)C4(C)C)cc1. The Kier molecular flexibility index (Phi) is 7.33. The number of ketones is 1. The molecule has 1 aliphatic heterocycles. The number of allylic oxidation sites excluding steroid dienone is 1. The van der Waals surface area contributed by atoms with Crippen LogP contribution in [0.1, 0.15) is 67.7 Å². The Morgan fingerprint density at radius 2 is 1.61 bits per heavy atom. The van der Waals surface area contributed by atoms with E-state index in [4.69, 9.17) is 23.7 Å². The van der Waals surface area contributed by atoms with Crippen LogP contribution < -0.4 is 9.47 Å². The molecule has 0 aromatic heterocycles. The van der Waals surface area contributed by atoms with Gasteiger partial charge in [0.15, 0.2) is 5.60 Å². The van der Waals surface area contributed by atoms with E-state index in [2.05, 4.69) is 13.8 Å². The van der Waals surface area contributed by atoms with Crippen molar-refractivity contribution >= 4 is 23.7 Å². The minimum Gasteiger partial charge on any atom is -0.490 e. The van der Waals surface area contributed by atoms with E-state index in [0.29, 0.717) is 36.0 Å². The van der Waals surface area contributed by atoms with E-state index in [1.165, 1.54) is 20.8 Å². The fraction of sp³-hybridized carbons (Fsp3) is 0.625. The first kappa shape index (κ1) is 29.3. The number of ether oxygens (including phenoxy) is 5. The summed E-state index contributed by atoms with van der Waals surface area (Å²) in [5.41, 5.74) is -1.88. The summed E-state index contributed by atoms with van der Waals surface area (Å²) >= 11 is 0. The molecule has 9 nitrogen and oxygen atoms in total. The molecule has 4 aliphatic rings. The van der Waals surface area contributed by atoms with Gasteiger partial charge in [-0.25, -0.2) is 0 Å². The third kappa shape index (κ3) is 5.29. The third-order valence-electron chi connectivity index (χ3n) is 9.60. The Balaban J connectivity index is 1.62. The van der Waals surface area contributed by atoms with Crippen molar-refractivity contribution in [2.45, 2.75) is 91.1 Å². The fourth-order valence-corrected chi connectivity index (χ4v) is 7.50. The highest BCUT2D eigenvalue weighted by Gasteiger charge is 2.71. The van der Waals surface area contributed by atoms with Gasteiger partial charge in [-0.1, -0.05) is 26.8 Å². The maximum atomic E-state index is 14.5. The number of hydrogen-bond donors (Lipinski definition) is 0. The predicted octanol–water partition coefficient (Wildman–Crippen LogP) is 4.60. The molecule has 0 bridgehead atoms. The topological polar surface area (TPSA) is 118 Å². The molecule has 3 aliphatic carbocycles. The van der Waals surface area contributed by atoms with Crippen molar-refractivity contribution in [3.8, 4) is 11.5 Å². The highest BCUT2D eigenvalue weighted by molar-refractivity contribution is 6.03. The molecule has 5 rings (SSSR count). The summed E-state index contributed by atoms with van der Waals surface area (Å²) in [7, 11) is 0. The van der Waals surface area contributed by atoms with Crippen molar-refractivity contribution in [3.63, 3.8) is 0 Å². The van der Waals surface area contributed by atoms with E-state index in [-0.39, 0.29) is 29.5 Å². The number of carbonyl (C=O) groups is 4. The summed E-state index contributed by atoms with van der Waals surface area (Å²) in [6.07, 6.45) is 2.17. The van der Waals surface area contributed by atoms with Crippen molar-refractivity contribution in [1.29, 1.82) is 0 Å². The summed E-state index contributed by atoms with van der Waals surface area (Å²) in [6, 6.07) is 6.59. The largest absolute Gasteiger partial charge is 0.490 e. The van der Waals surface area contributed by atoms with E-state index in [9.17, 15) is 19.2 Å². The maximum Gasteiger partial charge on any atom is 0.308 e. The lowest BCUT2D eigenvalue weighted by molar-refractivity contribution is -0.185. The monoisotopic (exact) mass is 568 g/mol. The molecule has 8 atom stereocenters. The minimum absolute atomic E-state index is 0.0224. The van der Waals surface area contributed by atoms with Crippen LogP contribution in [0.4, 0.5) is 0 Å². The van der Waals surface area contributed by atoms with Crippen molar-refractivity contribution < 1.29 is 42.9 Å². The van der Waals surface area contributed by atoms with E-state index in [0.717, 1.165) is 6.42 Å². The molecular formula is C32H40O9. The summed E-state index contributed by atoms with van der Waals surface area (Å²) in [4.78, 5) is 51.1. The summed E-state index contributed by atoms with van der Waals surface area (Å²) in [5.74, 6) is -1.52. The van der Waals surface area contributed by atoms with Gasteiger partial charge in [-0.3, -0.25) is 19.2 Å². The average Bonchev–Trinajstić information content (AvgIpc) is 3.73. The van der Waals surface area contributed by atoms with Crippen molar-refractivity contribution in [2.24, 2.45) is 29.1 Å². The first-order valence-corrected chi connectivity index (χ1v) is 14.4. The first-order valence-electron chi connectivity index (χ1n) is 14.4. The van der Waals surface area contributed by atoms with Crippen LogP contribution >= 0.6 is 0 Å². The van der Waals surface area contributed by atoms with Crippen LogP contribution in [-0.4, -0.2) is 53.7 Å². The molecule has 0 amide bonds. The molecular weight excluding hydrogens is 528 g/mol. The van der Waals surface area contributed by atoms with Gasteiger partial charge >= 0.3 is 17.9 Å². The predicted molar refractivity (Wildman–Crippen MR) is 147 cm³/mol. The summed E-state index contributed by atoms with van der Waals surface area (Å²) in [5, 5.41) is 0. The number of Topliss-reactive ketones (excluding diaryl/α,β-unsaturated/α-hetero) is 1. The number of hydrogen-bond acceptors (Lipinski definition) is 9. The van der Waals surface area contributed by atoms with Gasteiger partial charge in [-0.05, 0) is 72.8 Å². The van der Waals surface area contributed by atoms with Crippen molar-refractivity contribution in [1.82, 2.24) is 0 Å². The molecule has 1 aromatic rings. The number of rotatable bonds is 5. The molecule has 9 heteroatoms. The van der Waals surface area contributed by atoms with Gasteiger partial charge in [0.1, 0.15) is 29.3 Å². The summed E-state index contributed by atoms with van der Waals surface area (Å²) < 4.78 is 30.0. The lowest BCUT2D eigenvalue weighted by Gasteiger charge is -2.41. The Bertz CT molecular complexity index is 1270. The van der Waals surface area contributed by atoms with Gasteiger partial charge in [0.25, 0.3) is 0 Å². The smallest absolute Gasteiger partial charge is 0.308 e. The van der Waals surface area contributed by atoms with Gasteiger partial charge < -0.3 is 23.7 Å². The van der Waals surface area contributed by atoms with Crippen LogP contribution in [0.2, 0.25) is 0 Å². The molecule has 3 fully saturated rings. The van der Waals surface area contributed by atoms with Gasteiger partial charge in [-0.2, -0.15) is 0 Å². The van der Waals surface area contributed by atoms with Crippen LogP contribution in [0.5, 0.6) is 11.5 Å². The Morgan fingerprint density at radius 3 is 2.17 bits per heavy atom. The zero-order chi connectivity index (χ0) is 29.9. The summed E-state index contributed by atoms with van der Waals surface area (Å²) in [6.45, 7) is 12.4. The van der Waals surface area contributed by atoms with E-state index in [1.807, 2.05) is 13.0 Å². The van der Waals surface area contributed by atoms with Crippen molar-refractivity contribution in [3.05, 3.63) is 35.9 Å². The number of fused-ring (bicyclic) bond motifs is 2.